The molecule has 4 bridgehead atoms. The molecule has 0 saturated carbocycles. The van der Waals surface area contributed by atoms with E-state index >= 15 is 0 Å². The first-order valence-electron chi connectivity index (χ1n) is 17.5. The topological polar surface area (TPSA) is 198 Å². The van der Waals surface area contributed by atoms with E-state index in [0.29, 0.717) is 26.3 Å². The molecule has 3 aliphatic heterocycles. The van der Waals surface area contributed by atoms with Crippen LogP contribution in [0.2, 0.25) is 0 Å². The number of rotatable bonds is 2. The molecular formula is C32H54N6O10. The van der Waals surface area contributed by atoms with Crippen molar-refractivity contribution in [3.05, 3.63) is 23.8 Å². The van der Waals surface area contributed by atoms with Crippen LogP contribution in [0.3, 0.4) is 0 Å². The normalized spacial score (nSPS) is 35.9. The van der Waals surface area contributed by atoms with E-state index in [1.807, 2.05) is 12.4 Å². The molecule has 48 heavy (non-hydrogen) atoms. The number of hydrogen-bond donors (Lipinski definition) is 4. The van der Waals surface area contributed by atoms with Crippen molar-refractivity contribution in [3.8, 4) is 0 Å². The van der Waals surface area contributed by atoms with Gasteiger partial charge in [0.25, 0.3) is 0 Å². The first-order valence-corrected chi connectivity index (χ1v) is 17.5. The summed E-state index contributed by atoms with van der Waals surface area (Å²) in [6, 6.07) is 0. The number of aromatic nitrogens is 6. The van der Waals surface area contributed by atoms with Gasteiger partial charge in [0.2, 0.25) is 0 Å². The number of aliphatic hydroxyl groups is 4. The van der Waals surface area contributed by atoms with Gasteiger partial charge in [-0.15, -0.1) is 10.2 Å². The molecule has 10 atom stereocenters. The number of aliphatic hydroxyl groups excluding tert-OH is 4. The molecule has 2 aromatic heterocycles. The van der Waals surface area contributed by atoms with Crippen LogP contribution in [0.4, 0.5) is 0 Å². The third-order valence-corrected chi connectivity index (χ3v) is 9.43. The molecule has 0 radical (unpaired) electrons. The average Bonchev–Trinajstić information content (AvgIpc) is 3.73. The quantitative estimate of drug-likeness (QED) is 0.342. The lowest BCUT2D eigenvalue weighted by molar-refractivity contribution is -0.299. The SMILES string of the molecule is CO[C@H]1O[C@@H]2Cn3cc(nn3)CCCCc3cn(nn3)C[C@H]3O[C@H](OC)[C@H](O)[C@@H](O)[C@@H]3OCCCCCCCCCCO[C@H]2[C@H](O)[C@H]1O. The fourth-order valence-electron chi connectivity index (χ4n) is 6.68. The fourth-order valence-corrected chi connectivity index (χ4v) is 6.68. The van der Waals surface area contributed by atoms with Crippen molar-refractivity contribution in [2.75, 3.05) is 27.4 Å². The van der Waals surface area contributed by atoms with Gasteiger partial charge in [-0.3, -0.25) is 0 Å². The first kappa shape index (κ1) is 37.1. The Balaban J connectivity index is 1.21. The molecule has 16 heteroatoms. The molecule has 272 valence electrons. The molecule has 2 aromatic rings. The summed E-state index contributed by atoms with van der Waals surface area (Å²) >= 11 is 0. The van der Waals surface area contributed by atoms with Crippen molar-refractivity contribution < 1.29 is 48.8 Å². The molecule has 4 N–H and O–H groups in total. The summed E-state index contributed by atoms with van der Waals surface area (Å²) in [5.41, 5.74) is 1.66. The summed E-state index contributed by atoms with van der Waals surface area (Å²) in [5, 5.41) is 60.0. The maximum atomic E-state index is 10.9. The number of fused-ring (bicyclic) bond motifs is 6. The molecule has 0 spiro atoms. The van der Waals surface area contributed by atoms with Gasteiger partial charge in [0.05, 0.1) is 24.5 Å². The maximum Gasteiger partial charge on any atom is 0.186 e. The van der Waals surface area contributed by atoms with E-state index in [4.69, 9.17) is 28.4 Å². The molecule has 0 amide bonds. The minimum atomic E-state index is -1.22. The summed E-state index contributed by atoms with van der Waals surface area (Å²) in [6.07, 6.45) is 5.54. The Morgan fingerprint density at radius 1 is 0.583 bits per heavy atom. The van der Waals surface area contributed by atoms with Gasteiger partial charge in [0, 0.05) is 39.8 Å². The van der Waals surface area contributed by atoms with Gasteiger partial charge in [-0.2, -0.15) is 0 Å². The van der Waals surface area contributed by atoms with E-state index in [9.17, 15) is 20.4 Å². The fraction of sp³-hybridized carbons (Fsp3) is 0.875. The second-order valence-electron chi connectivity index (χ2n) is 13.1. The van der Waals surface area contributed by atoms with Crippen LogP contribution in [0, 0.1) is 0 Å². The highest BCUT2D eigenvalue weighted by Crippen LogP contribution is 2.27. The Bertz CT molecular complexity index is 1110. The zero-order chi connectivity index (χ0) is 33.9. The molecule has 0 unspecified atom stereocenters. The number of hydrogen-bond acceptors (Lipinski definition) is 14. The van der Waals surface area contributed by atoms with Gasteiger partial charge in [-0.1, -0.05) is 49.0 Å². The minimum Gasteiger partial charge on any atom is -0.387 e. The monoisotopic (exact) mass is 682 g/mol. The van der Waals surface area contributed by atoms with Gasteiger partial charge >= 0.3 is 0 Å². The molecule has 3 aliphatic rings. The maximum absolute atomic E-state index is 10.9. The smallest absolute Gasteiger partial charge is 0.186 e. The Hall–Kier alpha value is -2.12. The van der Waals surface area contributed by atoms with Crippen molar-refractivity contribution in [1.29, 1.82) is 0 Å². The third-order valence-electron chi connectivity index (χ3n) is 9.43. The Morgan fingerprint density at radius 2 is 0.979 bits per heavy atom. The average molecular weight is 683 g/mol. The summed E-state index contributed by atoms with van der Waals surface area (Å²) < 4.78 is 38.1. The third kappa shape index (κ3) is 9.99. The molecule has 16 nitrogen and oxygen atoms in total. The van der Waals surface area contributed by atoms with Crippen molar-refractivity contribution >= 4 is 0 Å². The van der Waals surface area contributed by atoms with E-state index in [0.717, 1.165) is 88.4 Å². The van der Waals surface area contributed by atoms with Crippen LogP contribution in [0.1, 0.15) is 75.6 Å². The largest absolute Gasteiger partial charge is 0.387 e. The molecular weight excluding hydrogens is 628 g/mol. The zero-order valence-electron chi connectivity index (χ0n) is 28.2. The number of ether oxygens (including phenoxy) is 6. The van der Waals surface area contributed by atoms with Crippen molar-refractivity contribution in [3.63, 3.8) is 0 Å². The second-order valence-corrected chi connectivity index (χ2v) is 13.1. The van der Waals surface area contributed by atoms with Gasteiger partial charge in [0.15, 0.2) is 12.6 Å². The predicted octanol–water partition coefficient (Wildman–Crippen LogP) is 0.526. The van der Waals surface area contributed by atoms with Crippen LogP contribution in [-0.4, -0.2) is 139 Å². The Labute approximate surface area is 281 Å². The molecule has 5 rings (SSSR count). The summed E-state index contributed by atoms with van der Waals surface area (Å²) in [6.45, 7) is 1.47. The molecule has 0 aliphatic carbocycles. The molecule has 2 saturated heterocycles. The minimum absolute atomic E-state index is 0.294. The van der Waals surface area contributed by atoms with Crippen molar-refractivity contribution in [2.45, 2.75) is 152 Å². The number of methoxy groups -OCH3 is 2. The lowest BCUT2D eigenvalue weighted by Crippen LogP contribution is -2.59. The van der Waals surface area contributed by atoms with E-state index in [-0.39, 0.29) is 0 Å². The van der Waals surface area contributed by atoms with E-state index in [1.54, 1.807) is 9.36 Å². The van der Waals surface area contributed by atoms with Crippen LogP contribution in [0.15, 0.2) is 12.4 Å². The Morgan fingerprint density at radius 3 is 1.38 bits per heavy atom. The van der Waals surface area contributed by atoms with E-state index in [2.05, 4.69) is 20.6 Å². The molecule has 5 heterocycles. The summed E-state index contributed by atoms with van der Waals surface area (Å²) in [7, 11) is 2.87. The number of nitrogens with zero attached hydrogens (tertiary/aromatic N) is 6. The first-order chi connectivity index (χ1) is 23.4. The predicted molar refractivity (Wildman–Crippen MR) is 168 cm³/mol. The highest BCUT2D eigenvalue weighted by molar-refractivity contribution is 4.97. The van der Waals surface area contributed by atoms with E-state index in [1.165, 1.54) is 14.2 Å². The van der Waals surface area contributed by atoms with Crippen LogP contribution < -0.4 is 0 Å². The van der Waals surface area contributed by atoms with Gasteiger partial charge < -0.3 is 48.8 Å². The van der Waals surface area contributed by atoms with Crippen LogP contribution in [0.25, 0.3) is 0 Å². The Kier molecular flexibility index (Phi) is 14.5. The van der Waals surface area contributed by atoms with Crippen LogP contribution in [-0.2, 0) is 54.4 Å². The summed E-state index contributed by atoms with van der Waals surface area (Å²) in [4.78, 5) is 0. The van der Waals surface area contributed by atoms with Gasteiger partial charge in [0.1, 0.15) is 48.8 Å². The highest BCUT2D eigenvalue weighted by atomic mass is 16.7. The van der Waals surface area contributed by atoms with Crippen molar-refractivity contribution in [2.24, 2.45) is 0 Å². The zero-order valence-corrected chi connectivity index (χ0v) is 28.2. The van der Waals surface area contributed by atoms with Crippen LogP contribution in [0.5, 0.6) is 0 Å². The standard InChI is InChI=1S/C32H54N6O10/c1-43-31-27(41)25(39)29-23(47-31)19-37-17-21(33-35-37)13-9-10-14-22-18-38(36-34-22)20-24-30(26(40)28(42)32(44-2)48-24)46-16-12-8-6-4-3-5-7-11-15-45-29/h17-18,23-32,39-42H,3-16,19-20H2,1-2H3/t23-,24-,25-,26-,27-,28-,29-,30-,31+,32+/m1/s1. The molecule has 0 aromatic carbocycles. The van der Waals surface area contributed by atoms with Gasteiger partial charge in [-0.05, 0) is 38.5 Å². The lowest BCUT2D eigenvalue weighted by Gasteiger charge is -2.41. The van der Waals surface area contributed by atoms with Gasteiger partial charge in [-0.25, -0.2) is 9.36 Å². The lowest BCUT2D eigenvalue weighted by atomic mass is 9.98. The van der Waals surface area contributed by atoms with E-state index < -0.39 is 61.4 Å². The van der Waals surface area contributed by atoms with Crippen LogP contribution >= 0.6 is 0 Å². The summed E-state index contributed by atoms with van der Waals surface area (Å²) in [5.74, 6) is 0. The second kappa shape index (κ2) is 18.8. The van der Waals surface area contributed by atoms with Crippen molar-refractivity contribution in [1.82, 2.24) is 30.0 Å². The highest BCUT2D eigenvalue weighted by Gasteiger charge is 2.47. The molecule has 2 fully saturated rings. The number of aryl methyl sites for hydroxylation is 2.